The van der Waals surface area contributed by atoms with E-state index in [-0.39, 0.29) is 43.2 Å². The highest BCUT2D eigenvalue weighted by Gasteiger charge is 2.49. The Labute approximate surface area is 191 Å². The molecule has 4 atom stereocenters. The lowest BCUT2D eigenvalue weighted by Crippen LogP contribution is -2.42. The van der Waals surface area contributed by atoms with Gasteiger partial charge in [-0.15, -0.1) is 0 Å². The van der Waals surface area contributed by atoms with Crippen LogP contribution in [0.25, 0.3) is 11.1 Å². The summed E-state index contributed by atoms with van der Waals surface area (Å²) in [6.45, 7) is 0.554. The number of nitrogens with zero attached hydrogens (tertiary/aromatic N) is 1. The van der Waals surface area contributed by atoms with Crippen molar-refractivity contribution in [3.8, 4) is 11.1 Å². The maximum Gasteiger partial charge on any atom is 0.407 e. The number of carbonyl (C=O) groups is 3. The van der Waals surface area contributed by atoms with Crippen molar-refractivity contribution in [1.29, 1.82) is 0 Å². The van der Waals surface area contributed by atoms with E-state index in [1.54, 1.807) is 0 Å². The summed E-state index contributed by atoms with van der Waals surface area (Å²) in [7, 11) is 0. The average Bonchev–Trinajstić information content (AvgIpc) is 3.38. The van der Waals surface area contributed by atoms with Crippen molar-refractivity contribution >= 4 is 18.0 Å². The second-order valence-corrected chi connectivity index (χ2v) is 9.04. The predicted molar refractivity (Wildman–Crippen MR) is 118 cm³/mol. The van der Waals surface area contributed by atoms with Gasteiger partial charge in [0.25, 0.3) is 0 Å². The van der Waals surface area contributed by atoms with Gasteiger partial charge in [0.15, 0.2) is 0 Å². The van der Waals surface area contributed by atoms with Gasteiger partial charge in [-0.3, -0.25) is 4.79 Å². The van der Waals surface area contributed by atoms with Gasteiger partial charge >= 0.3 is 12.1 Å². The Morgan fingerprint density at radius 2 is 1.64 bits per heavy atom. The molecule has 1 saturated carbocycles. The number of alkyl carbamates (subject to hydrolysis) is 1. The molecule has 8 heteroatoms. The van der Waals surface area contributed by atoms with Crippen LogP contribution in [0.1, 0.15) is 29.9 Å². The molecule has 0 bridgehead atoms. The summed E-state index contributed by atoms with van der Waals surface area (Å²) in [5.74, 6) is -1.77. The summed E-state index contributed by atoms with van der Waals surface area (Å²) in [5, 5.41) is 21.8. The number of hydrogen-bond donors (Lipinski definition) is 3. The third-order valence-electron chi connectivity index (χ3n) is 6.94. The standard InChI is InChI=1S/C25H26N2O6/c28-15-10-22(24(30)31)27(12-15)23(29)20-9-14(20)11-26-25(32)33-13-21-18-7-3-1-5-16(18)17-6-2-4-8-19(17)21/h1-8,14-15,20-22,28H,9-13H2,(H,26,32)(H,30,31)/t14-,15?,20-,22+/m1/s1. The largest absolute Gasteiger partial charge is 0.480 e. The van der Waals surface area contributed by atoms with Crippen molar-refractivity contribution < 1.29 is 29.3 Å². The van der Waals surface area contributed by atoms with Gasteiger partial charge in [0.1, 0.15) is 12.6 Å². The van der Waals surface area contributed by atoms with Crippen LogP contribution >= 0.6 is 0 Å². The number of likely N-dealkylation sites (tertiary alicyclic amines) is 1. The number of ether oxygens (including phenoxy) is 1. The van der Waals surface area contributed by atoms with Crippen molar-refractivity contribution in [2.24, 2.45) is 11.8 Å². The highest BCUT2D eigenvalue weighted by Crippen LogP contribution is 2.44. The number of nitrogens with one attached hydrogen (secondary N) is 1. The van der Waals surface area contributed by atoms with Gasteiger partial charge in [0.05, 0.1) is 6.10 Å². The van der Waals surface area contributed by atoms with E-state index in [2.05, 4.69) is 29.6 Å². The zero-order valence-corrected chi connectivity index (χ0v) is 18.0. The van der Waals surface area contributed by atoms with Gasteiger partial charge in [-0.05, 0) is 34.6 Å². The molecule has 2 aliphatic carbocycles. The summed E-state index contributed by atoms with van der Waals surface area (Å²) < 4.78 is 5.52. The van der Waals surface area contributed by atoms with Crippen LogP contribution in [-0.2, 0) is 14.3 Å². The number of amides is 2. The molecule has 0 spiro atoms. The number of aliphatic carboxylic acids is 1. The molecule has 2 aromatic rings. The molecule has 0 radical (unpaired) electrons. The molecule has 5 rings (SSSR count). The summed E-state index contributed by atoms with van der Waals surface area (Å²) in [5.41, 5.74) is 4.60. The Bertz CT molecular complexity index is 1060. The third-order valence-corrected chi connectivity index (χ3v) is 6.94. The van der Waals surface area contributed by atoms with Crippen LogP contribution in [0.4, 0.5) is 4.79 Å². The lowest BCUT2D eigenvalue weighted by molar-refractivity contribution is -0.148. The number of rotatable bonds is 6. The van der Waals surface area contributed by atoms with Crippen LogP contribution in [0.3, 0.4) is 0 Å². The lowest BCUT2D eigenvalue weighted by atomic mass is 9.98. The zero-order chi connectivity index (χ0) is 23.1. The Kier molecular flexibility index (Phi) is 5.54. The number of aliphatic hydroxyl groups excluding tert-OH is 1. The number of benzene rings is 2. The van der Waals surface area contributed by atoms with Gasteiger partial charge in [-0.25, -0.2) is 9.59 Å². The molecule has 33 heavy (non-hydrogen) atoms. The molecule has 2 fully saturated rings. The second kappa shape index (κ2) is 8.51. The molecular formula is C25H26N2O6. The highest BCUT2D eigenvalue weighted by atomic mass is 16.5. The lowest BCUT2D eigenvalue weighted by Gasteiger charge is -2.21. The molecule has 0 aromatic heterocycles. The third kappa shape index (κ3) is 4.06. The van der Waals surface area contributed by atoms with Crippen molar-refractivity contribution in [2.75, 3.05) is 19.7 Å². The fraction of sp³-hybridized carbons (Fsp3) is 0.400. The van der Waals surface area contributed by atoms with Gasteiger partial charge in [0, 0.05) is 31.3 Å². The fourth-order valence-electron chi connectivity index (χ4n) is 5.14. The van der Waals surface area contributed by atoms with E-state index in [1.807, 2.05) is 24.3 Å². The first-order valence-electron chi connectivity index (χ1n) is 11.2. The monoisotopic (exact) mass is 450 g/mol. The van der Waals surface area contributed by atoms with Crippen LogP contribution in [0, 0.1) is 11.8 Å². The first-order valence-corrected chi connectivity index (χ1v) is 11.2. The van der Waals surface area contributed by atoms with Gasteiger partial charge in [-0.2, -0.15) is 0 Å². The molecule has 172 valence electrons. The minimum atomic E-state index is -1.10. The van der Waals surface area contributed by atoms with Crippen LogP contribution in [0.5, 0.6) is 0 Å². The molecule has 1 unspecified atom stereocenters. The molecular weight excluding hydrogens is 424 g/mol. The van der Waals surface area contributed by atoms with Crippen molar-refractivity contribution in [3.63, 3.8) is 0 Å². The first kappa shape index (κ1) is 21.5. The number of hydrogen-bond acceptors (Lipinski definition) is 5. The molecule has 3 N–H and O–H groups in total. The summed E-state index contributed by atoms with van der Waals surface area (Å²) in [4.78, 5) is 37.6. The minimum Gasteiger partial charge on any atom is -0.480 e. The quantitative estimate of drug-likeness (QED) is 0.621. The van der Waals surface area contributed by atoms with E-state index in [9.17, 15) is 24.6 Å². The average molecular weight is 450 g/mol. The number of carboxylic acids is 1. The van der Waals surface area contributed by atoms with Crippen LogP contribution < -0.4 is 5.32 Å². The SMILES string of the molecule is O=C(NC[C@H]1C[C@H]1C(=O)N1CC(O)C[C@H]1C(=O)O)OCC1c2ccccc2-c2ccccc21. The number of fused-ring (bicyclic) bond motifs is 3. The smallest absolute Gasteiger partial charge is 0.407 e. The second-order valence-electron chi connectivity index (χ2n) is 9.04. The van der Waals surface area contributed by atoms with Crippen molar-refractivity contribution in [2.45, 2.75) is 30.9 Å². The van der Waals surface area contributed by atoms with Crippen LogP contribution in [-0.4, -0.2) is 64.9 Å². The Hall–Kier alpha value is -3.39. The van der Waals surface area contributed by atoms with E-state index < -0.39 is 24.2 Å². The Morgan fingerprint density at radius 3 is 2.27 bits per heavy atom. The molecule has 8 nitrogen and oxygen atoms in total. The molecule has 3 aliphatic rings. The maximum absolute atomic E-state index is 12.7. The summed E-state index contributed by atoms with van der Waals surface area (Å²) >= 11 is 0. The Morgan fingerprint density at radius 1 is 1.00 bits per heavy atom. The van der Waals surface area contributed by atoms with Crippen LogP contribution in [0.15, 0.2) is 48.5 Å². The number of aliphatic hydroxyl groups is 1. The zero-order valence-electron chi connectivity index (χ0n) is 18.0. The van der Waals surface area contributed by atoms with Crippen molar-refractivity contribution in [1.82, 2.24) is 10.2 Å². The van der Waals surface area contributed by atoms with Gasteiger partial charge in [-0.1, -0.05) is 48.5 Å². The molecule has 1 heterocycles. The van der Waals surface area contributed by atoms with E-state index in [0.29, 0.717) is 13.0 Å². The maximum atomic E-state index is 12.7. The normalized spacial score (nSPS) is 25.3. The van der Waals surface area contributed by atoms with E-state index in [1.165, 1.54) is 4.90 Å². The first-order chi connectivity index (χ1) is 15.9. The molecule has 2 amide bonds. The van der Waals surface area contributed by atoms with Crippen LogP contribution in [0.2, 0.25) is 0 Å². The van der Waals surface area contributed by atoms with E-state index in [4.69, 9.17) is 4.74 Å². The Balaban J connectivity index is 1.12. The number of carbonyl (C=O) groups excluding carboxylic acids is 2. The topological polar surface area (TPSA) is 116 Å². The summed E-state index contributed by atoms with van der Waals surface area (Å²) in [6.07, 6.45) is -0.709. The van der Waals surface area contributed by atoms with Crippen molar-refractivity contribution in [3.05, 3.63) is 59.7 Å². The fourth-order valence-corrected chi connectivity index (χ4v) is 5.14. The van der Waals surface area contributed by atoms with Gasteiger partial charge < -0.3 is 25.2 Å². The van der Waals surface area contributed by atoms with E-state index >= 15 is 0 Å². The van der Waals surface area contributed by atoms with E-state index in [0.717, 1.165) is 22.3 Å². The number of β-amino-alcohol motifs (C(OH)–C–C–N with tert-alkyl or cyclic N) is 1. The predicted octanol–water partition coefficient (Wildman–Crippen LogP) is 2.21. The molecule has 2 aromatic carbocycles. The highest BCUT2D eigenvalue weighted by molar-refractivity contribution is 5.87. The molecule has 1 saturated heterocycles. The van der Waals surface area contributed by atoms with Gasteiger partial charge in [0.2, 0.25) is 5.91 Å². The minimum absolute atomic E-state index is 0.0204. The summed E-state index contributed by atoms with van der Waals surface area (Å²) in [6, 6.07) is 15.2. The number of carboxylic acid groups (broad SMARTS) is 1. The molecule has 1 aliphatic heterocycles.